The van der Waals surface area contributed by atoms with E-state index in [0.717, 1.165) is 5.56 Å². The first-order valence-electron chi connectivity index (χ1n) is 7.39. The van der Waals surface area contributed by atoms with Crippen molar-refractivity contribution in [1.82, 2.24) is 14.7 Å². The van der Waals surface area contributed by atoms with Gasteiger partial charge in [-0.3, -0.25) is 9.48 Å². The number of ether oxygens (including phenoxy) is 1. The van der Waals surface area contributed by atoms with Gasteiger partial charge in [-0.25, -0.2) is 0 Å². The summed E-state index contributed by atoms with van der Waals surface area (Å²) in [4.78, 5) is 14.6. The third-order valence-corrected chi connectivity index (χ3v) is 4.20. The van der Waals surface area contributed by atoms with Crippen LogP contribution in [0.2, 0.25) is 5.02 Å². The second-order valence-corrected chi connectivity index (χ2v) is 5.85. The molecule has 3 rings (SSSR count). The molecule has 1 aromatic carbocycles. The molecule has 2 aromatic rings. The number of aliphatic hydroxyl groups excluding tert-OH is 1. The van der Waals surface area contributed by atoms with Gasteiger partial charge in [0.2, 0.25) is 0 Å². The molecule has 1 aliphatic rings. The van der Waals surface area contributed by atoms with Gasteiger partial charge in [0.25, 0.3) is 5.91 Å². The molecule has 0 bridgehead atoms. The van der Waals surface area contributed by atoms with Crippen molar-refractivity contribution in [3.63, 3.8) is 0 Å². The number of hydrogen-bond donors (Lipinski definition) is 1. The van der Waals surface area contributed by atoms with Crippen LogP contribution in [-0.2, 0) is 11.8 Å². The summed E-state index contributed by atoms with van der Waals surface area (Å²) in [5, 5.41) is 14.1. The minimum Gasteiger partial charge on any atom is -0.394 e. The van der Waals surface area contributed by atoms with E-state index in [-0.39, 0.29) is 24.2 Å². The second-order valence-electron chi connectivity index (χ2n) is 5.45. The minimum absolute atomic E-state index is 0.167. The Morgan fingerprint density at radius 2 is 2.17 bits per heavy atom. The number of carbonyl (C=O) groups is 1. The highest BCUT2D eigenvalue weighted by molar-refractivity contribution is 6.33. The molecule has 0 unspecified atom stereocenters. The zero-order valence-corrected chi connectivity index (χ0v) is 13.5. The number of benzene rings is 1. The molecule has 7 heteroatoms. The molecule has 23 heavy (non-hydrogen) atoms. The van der Waals surface area contributed by atoms with E-state index in [4.69, 9.17) is 16.3 Å². The van der Waals surface area contributed by atoms with Crippen molar-refractivity contribution < 1.29 is 14.6 Å². The zero-order chi connectivity index (χ0) is 16.4. The molecule has 1 aromatic heterocycles. The van der Waals surface area contributed by atoms with Crippen molar-refractivity contribution in [1.29, 1.82) is 0 Å². The van der Waals surface area contributed by atoms with Crippen LogP contribution in [0, 0.1) is 0 Å². The number of halogens is 1. The number of aromatic nitrogens is 2. The lowest BCUT2D eigenvalue weighted by atomic mass is 9.98. The summed E-state index contributed by atoms with van der Waals surface area (Å²) in [5.74, 6) is -0.258. The molecule has 1 N–H and O–H groups in total. The molecular formula is C16H18ClN3O3. The van der Waals surface area contributed by atoms with E-state index in [2.05, 4.69) is 5.10 Å². The topological polar surface area (TPSA) is 67.6 Å². The quantitative estimate of drug-likeness (QED) is 0.926. The third kappa shape index (κ3) is 3.10. The van der Waals surface area contributed by atoms with Crippen LogP contribution in [0.1, 0.15) is 22.1 Å². The van der Waals surface area contributed by atoms with Crippen LogP contribution < -0.4 is 0 Å². The molecule has 0 saturated carbocycles. The largest absolute Gasteiger partial charge is 0.394 e. The first kappa shape index (κ1) is 16.0. The Balaban J connectivity index is 1.97. The molecule has 6 nitrogen and oxygen atoms in total. The van der Waals surface area contributed by atoms with Crippen molar-refractivity contribution in [2.45, 2.75) is 12.1 Å². The van der Waals surface area contributed by atoms with Gasteiger partial charge in [0.15, 0.2) is 5.69 Å². The lowest BCUT2D eigenvalue weighted by Gasteiger charge is -2.40. The zero-order valence-electron chi connectivity index (χ0n) is 12.7. The first-order chi connectivity index (χ1) is 11.1. The molecule has 0 aliphatic carbocycles. The number of aliphatic hydroxyl groups is 1. The minimum atomic E-state index is -0.474. The van der Waals surface area contributed by atoms with Gasteiger partial charge in [-0.05, 0) is 5.56 Å². The lowest BCUT2D eigenvalue weighted by Crippen LogP contribution is -2.49. The van der Waals surface area contributed by atoms with Crippen LogP contribution in [0.5, 0.6) is 0 Å². The number of hydrogen-bond acceptors (Lipinski definition) is 4. The average molecular weight is 336 g/mol. The van der Waals surface area contributed by atoms with Crippen LogP contribution in [0.4, 0.5) is 0 Å². The van der Waals surface area contributed by atoms with E-state index >= 15 is 0 Å². The molecule has 2 atom stereocenters. The van der Waals surface area contributed by atoms with Gasteiger partial charge in [-0.2, -0.15) is 5.10 Å². The van der Waals surface area contributed by atoms with Gasteiger partial charge < -0.3 is 14.7 Å². The Hall–Kier alpha value is -1.89. The van der Waals surface area contributed by atoms with Crippen LogP contribution in [-0.4, -0.2) is 51.6 Å². The van der Waals surface area contributed by atoms with Gasteiger partial charge in [0.05, 0.1) is 24.3 Å². The number of amides is 1. The monoisotopic (exact) mass is 335 g/mol. The SMILES string of the molecule is Cn1cc(Cl)c(C(=O)N2CCO[C@H](CO)[C@H]2c2ccccc2)n1. The molecule has 2 heterocycles. The number of aryl methyl sites for hydroxylation is 1. The normalized spacial score (nSPS) is 21.4. The molecule has 1 aliphatic heterocycles. The van der Waals surface area contributed by atoms with Crippen LogP contribution >= 0.6 is 11.6 Å². The van der Waals surface area contributed by atoms with Gasteiger partial charge in [-0.1, -0.05) is 41.9 Å². The van der Waals surface area contributed by atoms with E-state index in [1.807, 2.05) is 30.3 Å². The maximum atomic E-state index is 12.9. The highest BCUT2D eigenvalue weighted by Gasteiger charge is 2.37. The maximum Gasteiger partial charge on any atom is 0.276 e. The van der Waals surface area contributed by atoms with Crippen molar-refractivity contribution in [3.8, 4) is 0 Å². The van der Waals surface area contributed by atoms with E-state index in [0.29, 0.717) is 18.2 Å². The molecule has 1 amide bonds. The summed E-state index contributed by atoms with van der Waals surface area (Å²) < 4.78 is 7.15. The Morgan fingerprint density at radius 3 is 2.78 bits per heavy atom. The molecule has 1 fully saturated rings. The number of rotatable bonds is 3. The van der Waals surface area contributed by atoms with Crippen LogP contribution in [0.3, 0.4) is 0 Å². The summed E-state index contributed by atoms with van der Waals surface area (Å²) in [5.41, 5.74) is 1.13. The summed E-state index contributed by atoms with van der Waals surface area (Å²) in [6, 6.07) is 9.16. The van der Waals surface area contributed by atoms with E-state index < -0.39 is 6.10 Å². The van der Waals surface area contributed by atoms with E-state index in [1.165, 1.54) is 4.68 Å². The predicted molar refractivity (Wildman–Crippen MR) is 85.3 cm³/mol. The lowest BCUT2D eigenvalue weighted by molar-refractivity contribution is -0.0812. The van der Waals surface area contributed by atoms with E-state index in [1.54, 1.807) is 18.1 Å². The average Bonchev–Trinajstić information content (AvgIpc) is 2.92. The molecule has 0 radical (unpaired) electrons. The third-order valence-electron chi connectivity index (χ3n) is 3.92. The van der Waals surface area contributed by atoms with Crippen LogP contribution in [0.15, 0.2) is 36.5 Å². The van der Waals surface area contributed by atoms with E-state index in [9.17, 15) is 9.90 Å². The summed E-state index contributed by atoms with van der Waals surface area (Å²) in [6.07, 6.45) is 1.12. The predicted octanol–water partition coefficient (Wildman–Crippen LogP) is 1.65. The number of morpholine rings is 1. The fourth-order valence-electron chi connectivity index (χ4n) is 2.90. The highest BCUT2D eigenvalue weighted by atomic mass is 35.5. The summed E-state index contributed by atoms with van der Waals surface area (Å²) >= 11 is 6.11. The number of carbonyl (C=O) groups excluding carboxylic acids is 1. The number of nitrogens with zero attached hydrogens (tertiary/aromatic N) is 3. The van der Waals surface area contributed by atoms with Crippen LogP contribution in [0.25, 0.3) is 0 Å². The molecule has 1 saturated heterocycles. The van der Waals surface area contributed by atoms with Gasteiger partial charge in [0.1, 0.15) is 6.10 Å². The Kier molecular flexibility index (Phi) is 4.66. The van der Waals surface area contributed by atoms with Crippen molar-refractivity contribution in [3.05, 3.63) is 52.8 Å². The Morgan fingerprint density at radius 1 is 1.43 bits per heavy atom. The summed E-state index contributed by atoms with van der Waals surface area (Å²) in [6.45, 7) is 0.617. The van der Waals surface area contributed by atoms with Crippen molar-refractivity contribution >= 4 is 17.5 Å². The molecule has 122 valence electrons. The van der Waals surface area contributed by atoms with Gasteiger partial charge in [-0.15, -0.1) is 0 Å². The fourth-order valence-corrected chi connectivity index (χ4v) is 3.16. The Labute approximate surface area is 139 Å². The highest BCUT2D eigenvalue weighted by Crippen LogP contribution is 2.31. The fraction of sp³-hybridized carbons (Fsp3) is 0.375. The van der Waals surface area contributed by atoms with Gasteiger partial charge >= 0.3 is 0 Å². The van der Waals surface area contributed by atoms with Crippen molar-refractivity contribution in [2.24, 2.45) is 7.05 Å². The maximum absolute atomic E-state index is 12.9. The Bertz CT molecular complexity index is 689. The second kappa shape index (κ2) is 6.70. The molecular weight excluding hydrogens is 318 g/mol. The first-order valence-corrected chi connectivity index (χ1v) is 7.77. The standard InChI is InChI=1S/C16H18ClN3O3/c1-19-9-12(17)14(18-19)16(22)20-7-8-23-13(10-21)15(20)11-5-3-2-4-6-11/h2-6,9,13,15,21H,7-8,10H2,1H3/t13-,15-/m1/s1. The summed E-state index contributed by atoms with van der Waals surface area (Å²) in [7, 11) is 1.72. The van der Waals surface area contributed by atoms with Crippen molar-refractivity contribution in [2.75, 3.05) is 19.8 Å². The molecule has 0 spiro atoms. The van der Waals surface area contributed by atoms with Gasteiger partial charge in [0, 0.05) is 19.8 Å². The smallest absolute Gasteiger partial charge is 0.276 e.